The highest BCUT2D eigenvalue weighted by molar-refractivity contribution is 5.86. The van der Waals surface area contributed by atoms with Gasteiger partial charge in [-0.05, 0) is 23.8 Å². The van der Waals surface area contributed by atoms with E-state index in [0.29, 0.717) is 18.0 Å². The number of hydrogen-bond acceptors (Lipinski definition) is 6. The van der Waals surface area contributed by atoms with Crippen LogP contribution in [0, 0.1) is 0 Å². The lowest BCUT2D eigenvalue weighted by atomic mass is 10.2. The van der Waals surface area contributed by atoms with Crippen molar-refractivity contribution in [3.8, 4) is 11.5 Å². The van der Waals surface area contributed by atoms with Gasteiger partial charge in [-0.25, -0.2) is 5.43 Å². The van der Waals surface area contributed by atoms with Crippen LogP contribution in [0.4, 0.5) is 0 Å². The SMILES string of the molecule is COc1ccc(OC)c(C=NNC(=O)CN2CCN(Cc3ccccc3)CC2)c1. The summed E-state index contributed by atoms with van der Waals surface area (Å²) >= 11 is 0. The maximum atomic E-state index is 12.2. The molecule has 3 rings (SSSR count). The van der Waals surface area contributed by atoms with Crippen LogP contribution in [0.1, 0.15) is 11.1 Å². The lowest BCUT2D eigenvalue weighted by molar-refractivity contribution is -0.122. The minimum Gasteiger partial charge on any atom is -0.497 e. The average Bonchev–Trinajstić information content (AvgIpc) is 2.75. The Labute approximate surface area is 171 Å². The molecule has 2 aromatic carbocycles. The Morgan fingerprint density at radius 1 is 1.03 bits per heavy atom. The molecule has 1 fully saturated rings. The monoisotopic (exact) mass is 396 g/mol. The zero-order valence-electron chi connectivity index (χ0n) is 17.0. The Kier molecular flexibility index (Phi) is 7.61. The van der Waals surface area contributed by atoms with Gasteiger partial charge in [0.15, 0.2) is 0 Å². The van der Waals surface area contributed by atoms with Gasteiger partial charge in [0.1, 0.15) is 11.5 Å². The molecule has 0 saturated carbocycles. The number of ether oxygens (including phenoxy) is 2. The molecule has 0 atom stereocenters. The van der Waals surface area contributed by atoms with Crippen LogP contribution in [0.5, 0.6) is 11.5 Å². The van der Waals surface area contributed by atoms with Crippen molar-refractivity contribution in [1.29, 1.82) is 0 Å². The molecule has 1 amide bonds. The fraction of sp³-hybridized carbons (Fsp3) is 0.364. The van der Waals surface area contributed by atoms with E-state index in [9.17, 15) is 4.79 Å². The van der Waals surface area contributed by atoms with Crippen LogP contribution in [-0.4, -0.2) is 68.9 Å². The van der Waals surface area contributed by atoms with E-state index in [2.05, 4.69) is 44.6 Å². The van der Waals surface area contributed by atoms with E-state index >= 15 is 0 Å². The normalized spacial score (nSPS) is 15.4. The number of piperazine rings is 1. The molecule has 29 heavy (non-hydrogen) atoms. The third-order valence-corrected chi connectivity index (χ3v) is 4.91. The van der Waals surface area contributed by atoms with E-state index in [1.54, 1.807) is 32.6 Å². The van der Waals surface area contributed by atoms with E-state index in [1.807, 2.05) is 12.1 Å². The minimum atomic E-state index is -0.125. The Hall–Kier alpha value is -2.90. The molecule has 0 spiro atoms. The Morgan fingerprint density at radius 3 is 2.45 bits per heavy atom. The van der Waals surface area contributed by atoms with Crippen LogP contribution in [0.2, 0.25) is 0 Å². The zero-order valence-corrected chi connectivity index (χ0v) is 17.0. The number of hydrazone groups is 1. The van der Waals surface area contributed by atoms with Crippen molar-refractivity contribution >= 4 is 12.1 Å². The predicted molar refractivity (Wildman–Crippen MR) is 113 cm³/mol. The summed E-state index contributed by atoms with van der Waals surface area (Å²) in [7, 11) is 3.19. The lowest BCUT2D eigenvalue weighted by Crippen LogP contribution is -2.48. The Balaban J connectivity index is 1.43. The van der Waals surface area contributed by atoms with Crippen molar-refractivity contribution in [2.75, 3.05) is 46.9 Å². The molecule has 2 aromatic rings. The second-order valence-electron chi connectivity index (χ2n) is 6.94. The topological polar surface area (TPSA) is 66.4 Å². The van der Waals surface area contributed by atoms with Crippen molar-refractivity contribution in [2.45, 2.75) is 6.54 Å². The van der Waals surface area contributed by atoms with Gasteiger partial charge in [0.25, 0.3) is 5.91 Å². The van der Waals surface area contributed by atoms with Gasteiger partial charge in [-0.1, -0.05) is 30.3 Å². The first-order valence-corrected chi connectivity index (χ1v) is 9.70. The summed E-state index contributed by atoms with van der Waals surface area (Å²) in [6.45, 7) is 4.93. The summed E-state index contributed by atoms with van der Waals surface area (Å²) in [5, 5.41) is 4.06. The highest BCUT2D eigenvalue weighted by Crippen LogP contribution is 2.22. The second-order valence-corrected chi connectivity index (χ2v) is 6.94. The van der Waals surface area contributed by atoms with Crippen LogP contribution in [0.3, 0.4) is 0 Å². The molecule has 0 radical (unpaired) electrons. The number of carbonyl (C=O) groups excluding carboxylic acids is 1. The highest BCUT2D eigenvalue weighted by atomic mass is 16.5. The van der Waals surface area contributed by atoms with E-state index < -0.39 is 0 Å². The largest absolute Gasteiger partial charge is 0.497 e. The summed E-state index contributed by atoms with van der Waals surface area (Å²) in [5.41, 5.74) is 4.66. The number of hydrogen-bond donors (Lipinski definition) is 1. The van der Waals surface area contributed by atoms with E-state index in [4.69, 9.17) is 9.47 Å². The number of amides is 1. The lowest BCUT2D eigenvalue weighted by Gasteiger charge is -2.34. The number of methoxy groups -OCH3 is 2. The van der Waals surface area contributed by atoms with E-state index in [1.165, 1.54) is 5.56 Å². The highest BCUT2D eigenvalue weighted by Gasteiger charge is 2.18. The molecule has 1 heterocycles. The van der Waals surface area contributed by atoms with Crippen LogP contribution < -0.4 is 14.9 Å². The molecule has 1 saturated heterocycles. The maximum Gasteiger partial charge on any atom is 0.254 e. The molecule has 1 aliphatic heterocycles. The van der Waals surface area contributed by atoms with Crippen molar-refractivity contribution in [3.63, 3.8) is 0 Å². The van der Waals surface area contributed by atoms with Gasteiger partial charge in [0.05, 0.1) is 27.0 Å². The molecule has 0 aliphatic carbocycles. The predicted octanol–water partition coefficient (Wildman–Crippen LogP) is 1.97. The average molecular weight is 396 g/mol. The third kappa shape index (κ3) is 6.30. The van der Waals surface area contributed by atoms with E-state index in [0.717, 1.165) is 38.3 Å². The fourth-order valence-corrected chi connectivity index (χ4v) is 3.30. The van der Waals surface area contributed by atoms with Gasteiger partial charge >= 0.3 is 0 Å². The summed E-state index contributed by atoms with van der Waals surface area (Å²) < 4.78 is 10.5. The number of benzene rings is 2. The van der Waals surface area contributed by atoms with Crippen LogP contribution in [0.15, 0.2) is 53.6 Å². The van der Waals surface area contributed by atoms with Crippen LogP contribution in [0.25, 0.3) is 0 Å². The summed E-state index contributed by atoms with van der Waals surface area (Å²) in [4.78, 5) is 16.8. The Bertz CT molecular complexity index is 818. The first-order valence-electron chi connectivity index (χ1n) is 9.70. The van der Waals surface area contributed by atoms with E-state index in [-0.39, 0.29) is 5.91 Å². The van der Waals surface area contributed by atoms with Gasteiger partial charge < -0.3 is 9.47 Å². The molecule has 154 valence electrons. The molecule has 1 aliphatic rings. The van der Waals surface area contributed by atoms with Gasteiger partial charge in [-0.2, -0.15) is 5.10 Å². The Morgan fingerprint density at radius 2 is 1.76 bits per heavy atom. The summed E-state index contributed by atoms with van der Waals surface area (Å²) in [6.07, 6.45) is 1.57. The molecular formula is C22H28N4O3. The smallest absolute Gasteiger partial charge is 0.254 e. The van der Waals surface area contributed by atoms with Crippen molar-refractivity contribution in [2.24, 2.45) is 5.10 Å². The van der Waals surface area contributed by atoms with Gasteiger partial charge in [0, 0.05) is 38.3 Å². The molecular weight excluding hydrogens is 368 g/mol. The fourth-order valence-electron chi connectivity index (χ4n) is 3.30. The summed E-state index contributed by atoms with van der Waals surface area (Å²) in [6, 6.07) is 15.9. The quantitative estimate of drug-likeness (QED) is 0.546. The number of nitrogens with zero attached hydrogens (tertiary/aromatic N) is 3. The number of rotatable bonds is 8. The van der Waals surface area contributed by atoms with Gasteiger partial charge in [-0.15, -0.1) is 0 Å². The molecule has 7 heteroatoms. The standard InChI is InChI=1S/C22H28N4O3/c1-28-20-8-9-21(29-2)19(14-20)15-23-24-22(27)17-26-12-10-25(11-13-26)16-18-6-4-3-5-7-18/h3-9,14-15H,10-13,16-17H2,1-2H3,(H,24,27). The van der Waals surface area contributed by atoms with Crippen LogP contribution >= 0.6 is 0 Å². The molecule has 0 unspecified atom stereocenters. The molecule has 1 N–H and O–H groups in total. The maximum absolute atomic E-state index is 12.2. The second kappa shape index (κ2) is 10.6. The number of carbonyl (C=O) groups is 1. The first kappa shape index (κ1) is 20.8. The van der Waals surface area contributed by atoms with Crippen molar-refractivity contribution in [3.05, 3.63) is 59.7 Å². The summed E-state index contributed by atoms with van der Waals surface area (Å²) in [5.74, 6) is 1.24. The number of nitrogens with one attached hydrogen (secondary N) is 1. The van der Waals surface area contributed by atoms with Crippen molar-refractivity contribution < 1.29 is 14.3 Å². The molecule has 0 aromatic heterocycles. The van der Waals surface area contributed by atoms with Gasteiger partial charge in [0.2, 0.25) is 0 Å². The van der Waals surface area contributed by atoms with Crippen LogP contribution in [-0.2, 0) is 11.3 Å². The zero-order chi connectivity index (χ0) is 20.5. The third-order valence-electron chi connectivity index (χ3n) is 4.91. The first-order chi connectivity index (χ1) is 14.2. The van der Waals surface area contributed by atoms with Crippen molar-refractivity contribution in [1.82, 2.24) is 15.2 Å². The molecule has 7 nitrogen and oxygen atoms in total. The van der Waals surface area contributed by atoms with Gasteiger partial charge in [-0.3, -0.25) is 14.6 Å². The minimum absolute atomic E-state index is 0.125. The molecule has 0 bridgehead atoms.